The third kappa shape index (κ3) is 4.25. The summed E-state index contributed by atoms with van der Waals surface area (Å²) >= 11 is 4.34. The van der Waals surface area contributed by atoms with E-state index in [1.54, 1.807) is 17.1 Å². The fourth-order valence-electron chi connectivity index (χ4n) is 2.36. The van der Waals surface area contributed by atoms with Crippen LogP contribution in [-0.4, -0.2) is 48.3 Å². The zero-order chi connectivity index (χ0) is 17.9. The Hall–Kier alpha value is -0.940. The van der Waals surface area contributed by atoms with Crippen LogP contribution in [0.1, 0.15) is 27.3 Å². The highest BCUT2D eigenvalue weighted by atomic mass is 32.2. The molecule has 0 unspecified atom stereocenters. The molecule has 1 aliphatic heterocycles. The highest BCUT2D eigenvalue weighted by Crippen LogP contribution is 2.28. The van der Waals surface area contributed by atoms with E-state index in [9.17, 15) is 13.2 Å². The Morgan fingerprint density at radius 2 is 2.08 bits per heavy atom. The fourth-order valence-corrected chi connectivity index (χ4v) is 6.95. The van der Waals surface area contributed by atoms with Crippen LogP contribution in [0.3, 0.4) is 0 Å². The summed E-state index contributed by atoms with van der Waals surface area (Å²) in [6, 6.07) is 1.48. The third-order valence-corrected chi connectivity index (χ3v) is 8.60. The predicted octanol–water partition coefficient (Wildman–Crippen LogP) is 2.86. The van der Waals surface area contributed by atoms with Crippen LogP contribution < -0.4 is 0 Å². The lowest BCUT2D eigenvalue weighted by molar-refractivity contribution is 0.0470. The normalized spacial score (nSPS) is 16.0. The van der Waals surface area contributed by atoms with Gasteiger partial charge in [0.05, 0.1) is 10.7 Å². The highest BCUT2D eigenvalue weighted by Gasteiger charge is 2.31. The number of aromatic nitrogens is 1. The summed E-state index contributed by atoms with van der Waals surface area (Å²) in [5.74, 6) is 0.922. The van der Waals surface area contributed by atoms with Crippen LogP contribution in [0.4, 0.5) is 0 Å². The fraction of sp³-hybridized carbons (Fsp3) is 0.467. The number of hydrogen-bond acceptors (Lipinski definition) is 8. The zero-order valence-electron chi connectivity index (χ0n) is 13.6. The molecule has 1 fully saturated rings. The number of rotatable bonds is 6. The van der Waals surface area contributed by atoms with Crippen molar-refractivity contribution in [1.29, 1.82) is 0 Å². The van der Waals surface area contributed by atoms with Gasteiger partial charge in [0, 0.05) is 30.0 Å². The average Bonchev–Trinajstić information content (AvgIpc) is 3.30. The quantitative estimate of drug-likeness (QED) is 0.672. The monoisotopic (exact) mass is 418 g/mol. The minimum absolute atomic E-state index is 0.0434. The molecule has 136 valence electrons. The summed E-state index contributed by atoms with van der Waals surface area (Å²) in [6.07, 6.45) is 0.833. The maximum atomic E-state index is 12.8. The molecular weight excluding hydrogens is 400 g/mol. The van der Waals surface area contributed by atoms with Crippen LogP contribution in [0.25, 0.3) is 0 Å². The van der Waals surface area contributed by atoms with E-state index in [4.69, 9.17) is 4.74 Å². The van der Waals surface area contributed by atoms with Crippen molar-refractivity contribution in [1.82, 2.24) is 9.29 Å². The molecule has 0 N–H and O–H groups in total. The first kappa shape index (κ1) is 18.8. The summed E-state index contributed by atoms with van der Waals surface area (Å²) in [6.45, 7) is 3.00. The molecule has 3 rings (SSSR count). The van der Waals surface area contributed by atoms with Crippen molar-refractivity contribution in [3.05, 3.63) is 32.4 Å². The van der Waals surface area contributed by atoms with Gasteiger partial charge in [-0.2, -0.15) is 16.1 Å². The molecule has 0 aliphatic carbocycles. The van der Waals surface area contributed by atoms with Gasteiger partial charge in [0.15, 0.2) is 0 Å². The van der Waals surface area contributed by atoms with Gasteiger partial charge in [-0.15, -0.1) is 22.7 Å². The molecule has 2 aromatic rings. The van der Waals surface area contributed by atoms with Crippen molar-refractivity contribution in [2.24, 2.45) is 0 Å². The van der Waals surface area contributed by atoms with Gasteiger partial charge in [-0.1, -0.05) is 6.92 Å². The molecule has 6 nitrogen and oxygen atoms in total. The van der Waals surface area contributed by atoms with Crippen molar-refractivity contribution in [3.8, 4) is 0 Å². The molecule has 0 aromatic carbocycles. The van der Waals surface area contributed by atoms with E-state index >= 15 is 0 Å². The topological polar surface area (TPSA) is 76.6 Å². The number of thiazole rings is 1. The van der Waals surface area contributed by atoms with E-state index in [-0.39, 0.29) is 16.4 Å². The summed E-state index contributed by atoms with van der Waals surface area (Å²) < 4.78 is 32.3. The van der Waals surface area contributed by atoms with Gasteiger partial charge in [-0.3, -0.25) is 0 Å². The van der Waals surface area contributed by atoms with E-state index in [0.29, 0.717) is 18.8 Å². The smallest absolute Gasteiger partial charge is 0.350 e. The number of aryl methyl sites for hydroxylation is 1. The molecule has 3 heterocycles. The molecule has 1 saturated heterocycles. The summed E-state index contributed by atoms with van der Waals surface area (Å²) in [7, 11) is -3.66. The second kappa shape index (κ2) is 8.17. The number of sulfonamides is 1. The Balaban J connectivity index is 1.72. The van der Waals surface area contributed by atoms with Gasteiger partial charge in [-0.05, 0) is 17.9 Å². The molecule has 2 aromatic heterocycles. The molecule has 0 spiro atoms. The SMILES string of the molecule is CCc1nc(COC(=O)c2sccc2S(=O)(=O)N2CCSCC2)cs1. The van der Waals surface area contributed by atoms with Crippen LogP contribution in [0.15, 0.2) is 21.7 Å². The first-order valence-electron chi connectivity index (χ1n) is 7.78. The first-order valence-corrected chi connectivity index (χ1v) is 12.1. The van der Waals surface area contributed by atoms with Gasteiger partial charge in [0.2, 0.25) is 10.0 Å². The number of ether oxygens (including phenoxy) is 1. The molecule has 0 saturated carbocycles. The predicted molar refractivity (Wildman–Crippen MR) is 101 cm³/mol. The lowest BCUT2D eigenvalue weighted by atomic mass is 10.4. The Morgan fingerprint density at radius 1 is 1.32 bits per heavy atom. The van der Waals surface area contributed by atoms with E-state index < -0.39 is 16.0 Å². The molecule has 1 aliphatic rings. The van der Waals surface area contributed by atoms with E-state index in [1.807, 2.05) is 12.3 Å². The number of thioether (sulfide) groups is 1. The molecular formula is C15H18N2O4S4. The number of carbonyl (C=O) groups is 1. The molecule has 25 heavy (non-hydrogen) atoms. The van der Waals surface area contributed by atoms with Crippen LogP contribution >= 0.6 is 34.4 Å². The number of carbonyl (C=O) groups excluding carboxylic acids is 1. The van der Waals surface area contributed by atoms with Gasteiger partial charge in [0.25, 0.3) is 0 Å². The number of hydrogen-bond donors (Lipinski definition) is 0. The molecule has 0 amide bonds. The maximum Gasteiger partial charge on any atom is 0.350 e. The zero-order valence-corrected chi connectivity index (χ0v) is 16.9. The Kier molecular flexibility index (Phi) is 6.16. The average molecular weight is 419 g/mol. The molecule has 0 atom stereocenters. The molecule has 0 bridgehead atoms. The minimum Gasteiger partial charge on any atom is -0.455 e. The summed E-state index contributed by atoms with van der Waals surface area (Å²) in [4.78, 5) is 16.9. The van der Waals surface area contributed by atoms with E-state index in [0.717, 1.165) is 34.3 Å². The number of nitrogens with zero attached hydrogens (tertiary/aromatic N) is 2. The Bertz CT molecular complexity index is 837. The number of esters is 1. The highest BCUT2D eigenvalue weighted by molar-refractivity contribution is 7.99. The standard InChI is InChI=1S/C15H18N2O4S4/c1-2-13-16-11(10-24-13)9-21-15(18)14-12(3-6-23-14)25(19,20)17-4-7-22-8-5-17/h3,6,10H,2,4-5,7-9H2,1H3. The lowest BCUT2D eigenvalue weighted by Gasteiger charge is -2.25. The van der Waals surface area contributed by atoms with Crippen LogP contribution in [0, 0.1) is 0 Å². The largest absolute Gasteiger partial charge is 0.455 e. The van der Waals surface area contributed by atoms with Crippen LogP contribution in [0.2, 0.25) is 0 Å². The second-order valence-corrected chi connectivity index (χ2v) is 10.3. The van der Waals surface area contributed by atoms with Gasteiger partial charge in [0.1, 0.15) is 16.4 Å². The second-order valence-electron chi connectivity index (χ2n) is 5.29. The molecule has 10 heteroatoms. The van der Waals surface area contributed by atoms with Crippen LogP contribution in [0.5, 0.6) is 0 Å². The van der Waals surface area contributed by atoms with Crippen molar-refractivity contribution in [2.75, 3.05) is 24.6 Å². The van der Waals surface area contributed by atoms with Gasteiger partial charge in [-0.25, -0.2) is 18.2 Å². The Morgan fingerprint density at radius 3 is 2.76 bits per heavy atom. The van der Waals surface area contributed by atoms with Crippen molar-refractivity contribution in [2.45, 2.75) is 24.8 Å². The van der Waals surface area contributed by atoms with Crippen molar-refractivity contribution in [3.63, 3.8) is 0 Å². The summed E-state index contributed by atoms with van der Waals surface area (Å²) in [5, 5.41) is 4.44. The van der Waals surface area contributed by atoms with Crippen molar-refractivity contribution < 1.29 is 17.9 Å². The first-order chi connectivity index (χ1) is 12.0. The lowest BCUT2D eigenvalue weighted by Crippen LogP contribution is -2.38. The van der Waals surface area contributed by atoms with Gasteiger partial charge < -0.3 is 4.74 Å². The van der Waals surface area contributed by atoms with Crippen LogP contribution in [-0.2, 0) is 27.8 Å². The third-order valence-electron chi connectivity index (χ3n) is 3.66. The van der Waals surface area contributed by atoms with Crippen molar-refractivity contribution >= 4 is 50.4 Å². The maximum absolute atomic E-state index is 12.8. The van der Waals surface area contributed by atoms with E-state index in [2.05, 4.69) is 4.98 Å². The number of thiophene rings is 1. The van der Waals surface area contributed by atoms with E-state index in [1.165, 1.54) is 21.7 Å². The minimum atomic E-state index is -3.66. The van der Waals surface area contributed by atoms with Gasteiger partial charge >= 0.3 is 5.97 Å². The summed E-state index contributed by atoms with van der Waals surface area (Å²) in [5.41, 5.74) is 0.684. The molecule has 0 radical (unpaired) electrons. The Labute approximate surface area is 159 Å².